The van der Waals surface area contributed by atoms with Gasteiger partial charge in [-0.3, -0.25) is 4.79 Å². The van der Waals surface area contributed by atoms with Gasteiger partial charge < -0.3 is 45.7 Å². The Morgan fingerprint density at radius 2 is 1.14 bits per heavy atom. The van der Waals surface area contributed by atoms with Crippen molar-refractivity contribution in [1.29, 1.82) is 0 Å². The van der Waals surface area contributed by atoms with Crippen LogP contribution in [0.15, 0.2) is 85.2 Å². The Hall–Kier alpha value is -7.82. The first-order valence-corrected chi connectivity index (χ1v) is 22.8. The summed E-state index contributed by atoms with van der Waals surface area (Å²) in [4.78, 5) is 32.6. The fraction of sp³-hybridized carbons (Fsp3) is 0.360. The number of rotatable bonds is 10. The number of piperidine rings is 2. The van der Waals surface area contributed by atoms with Crippen LogP contribution in [0.4, 0.5) is 38.0 Å². The van der Waals surface area contributed by atoms with Crippen LogP contribution in [-0.4, -0.2) is 91.6 Å². The molecule has 2 fully saturated rings. The van der Waals surface area contributed by atoms with Gasteiger partial charge in [0, 0.05) is 36.0 Å². The van der Waals surface area contributed by atoms with E-state index in [1.807, 2.05) is 24.8 Å². The molecule has 6 N–H and O–H groups in total. The molecular formula is C50H54F6N10O7. The van der Waals surface area contributed by atoms with Crippen molar-refractivity contribution in [2.75, 3.05) is 38.8 Å². The minimum atomic E-state index is -4.54. The molecule has 0 spiro atoms. The quantitative estimate of drug-likeness (QED) is 0.0934. The molecule has 2 aliphatic heterocycles. The molecule has 0 aliphatic carbocycles. The van der Waals surface area contributed by atoms with Gasteiger partial charge in [-0.1, -0.05) is 0 Å². The van der Waals surface area contributed by atoms with Crippen molar-refractivity contribution in [3.63, 3.8) is 0 Å². The monoisotopic (exact) mass is 1020 g/mol. The van der Waals surface area contributed by atoms with E-state index in [9.17, 15) is 35.9 Å². The number of aryl methyl sites for hydroxylation is 2. The molecule has 0 unspecified atom stereocenters. The van der Waals surface area contributed by atoms with Crippen LogP contribution >= 0.6 is 0 Å². The van der Waals surface area contributed by atoms with Gasteiger partial charge in [0.05, 0.1) is 43.6 Å². The van der Waals surface area contributed by atoms with Gasteiger partial charge in [-0.2, -0.15) is 36.5 Å². The van der Waals surface area contributed by atoms with Crippen molar-refractivity contribution in [3.05, 3.63) is 130 Å². The van der Waals surface area contributed by atoms with Crippen LogP contribution in [0.2, 0.25) is 0 Å². The van der Waals surface area contributed by atoms with Gasteiger partial charge in [-0.05, 0) is 144 Å². The fourth-order valence-electron chi connectivity index (χ4n) is 8.35. The average Bonchev–Trinajstić information content (AvgIpc) is 3.34. The number of halogens is 6. The minimum Gasteiger partial charge on any atom is -0.493 e. The lowest BCUT2D eigenvalue weighted by Crippen LogP contribution is -2.44. The molecule has 23 heteroatoms. The number of carbonyl (C=O) groups is 2. The van der Waals surface area contributed by atoms with Gasteiger partial charge in [-0.15, -0.1) is 10.2 Å². The Labute approximate surface area is 416 Å². The molecule has 2 aliphatic rings. The molecule has 8 rings (SSSR count). The van der Waals surface area contributed by atoms with Crippen molar-refractivity contribution in [1.82, 2.24) is 40.6 Å². The highest BCUT2D eigenvalue weighted by atomic mass is 19.4. The standard InChI is InChI=1S/C25H26F3N5O3.C14H10F3NO4.C11H18N4/c1-14-10-22(29)31-32-23(14)16-8-9-33(15(2)11-16)24(34)17-4-6-19(20(12-17)35-3)36-18-5-7-21(30-13-18)25(26,27)28;1-21-11-6-8(13(19)20)2-4-10(11)22-9-3-5-12(18-7-9)14(15,16)17;1-7-5-10(12)14-15-11(7)9-3-4-13-8(2)6-9/h4-7,10,12-13,15-16H,8-9,11H2,1-3H3,(H2,29,31);2-7H,1H3,(H,19,20);5,8-9,13H,3-4,6H2,1-2H3,(H2,12,14)/t15-,16-;;8-,9-/m0.0/s1. The number of aromatic nitrogens is 6. The van der Waals surface area contributed by atoms with Gasteiger partial charge in [0.15, 0.2) is 23.0 Å². The molecule has 2 saturated heterocycles. The van der Waals surface area contributed by atoms with Gasteiger partial charge in [0.2, 0.25) is 0 Å². The smallest absolute Gasteiger partial charge is 0.433 e. The number of benzene rings is 2. The molecule has 0 radical (unpaired) electrons. The summed E-state index contributed by atoms with van der Waals surface area (Å²) in [7, 11) is 2.74. The number of carboxylic acids is 1. The number of anilines is 2. The zero-order valence-electron chi connectivity index (χ0n) is 40.6. The number of likely N-dealkylation sites (tertiary alicyclic amines) is 1. The molecule has 17 nitrogen and oxygen atoms in total. The van der Waals surface area contributed by atoms with E-state index in [0.29, 0.717) is 35.7 Å². The fourth-order valence-corrected chi connectivity index (χ4v) is 8.35. The van der Waals surface area contributed by atoms with E-state index in [2.05, 4.69) is 49.5 Å². The van der Waals surface area contributed by atoms with Gasteiger partial charge in [-0.25, -0.2) is 14.8 Å². The highest BCUT2D eigenvalue weighted by Gasteiger charge is 2.34. The molecule has 6 heterocycles. The second kappa shape index (κ2) is 23.6. The van der Waals surface area contributed by atoms with E-state index < -0.39 is 29.7 Å². The number of nitrogens with two attached hydrogens (primary N) is 2. The Kier molecular flexibility index (Phi) is 17.6. The Morgan fingerprint density at radius 3 is 1.55 bits per heavy atom. The van der Waals surface area contributed by atoms with Crippen LogP contribution in [-0.2, 0) is 12.4 Å². The highest BCUT2D eigenvalue weighted by molar-refractivity contribution is 5.95. The summed E-state index contributed by atoms with van der Waals surface area (Å²) < 4.78 is 96.8. The zero-order valence-corrected chi connectivity index (χ0v) is 40.6. The zero-order chi connectivity index (χ0) is 53.2. The number of carboxylic acid groups (broad SMARTS) is 1. The van der Waals surface area contributed by atoms with E-state index in [0.717, 1.165) is 79.8 Å². The van der Waals surface area contributed by atoms with Crippen molar-refractivity contribution in [2.24, 2.45) is 0 Å². The topological polar surface area (TPSA) is 236 Å². The SMILES string of the molecule is COc1cc(C(=O)N2CC[C@H](c3nnc(N)cc3C)C[C@@H]2C)ccc1Oc1ccc(C(F)(F)F)nc1.COc1cc(C(=O)O)ccc1Oc1ccc(C(F)(F)F)nc1.Cc1cc(N)nnc1[C@H]1CCN[C@@H](C)C1. The van der Waals surface area contributed by atoms with Gasteiger partial charge >= 0.3 is 18.3 Å². The van der Waals surface area contributed by atoms with E-state index in [1.165, 1.54) is 44.0 Å². The molecule has 6 aromatic rings. The lowest BCUT2D eigenvalue weighted by atomic mass is 9.87. The number of amides is 1. The number of hydrogen-bond acceptors (Lipinski definition) is 15. The number of nitrogens with zero attached hydrogens (tertiary/aromatic N) is 7. The third-order valence-corrected chi connectivity index (χ3v) is 11.9. The molecule has 388 valence electrons. The van der Waals surface area contributed by atoms with E-state index in [4.69, 9.17) is 35.5 Å². The molecular weight excluding hydrogens is 967 g/mol. The number of nitrogen functional groups attached to an aromatic ring is 2. The van der Waals surface area contributed by atoms with Crippen LogP contribution < -0.4 is 35.7 Å². The normalized spacial score (nSPS) is 17.7. The maximum Gasteiger partial charge on any atom is 0.433 e. The number of methoxy groups -OCH3 is 2. The number of alkyl halides is 6. The molecule has 0 saturated carbocycles. The largest absolute Gasteiger partial charge is 0.493 e. The van der Waals surface area contributed by atoms with Crippen molar-refractivity contribution < 1.29 is 60.0 Å². The summed E-state index contributed by atoms with van der Waals surface area (Å²) in [5.74, 6) is 1.32. The molecule has 1 amide bonds. The maximum atomic E-state index is 13.3. The van der Waals surface area contributed by atoms with E-state index in [-0.39, 0.29) is 57.9 Å². The summed E-state index contributed by atoms with van der Waals surface area (Å²) in [6.07, 6.45) is -3.39. The van der Waals surface area contributed by atoms with Gasteiger partial charge in [0.25, 0.3) is 5.91 Å². The molecule has 0 bridgehead atoms. The van der Waals surface area contributed by atoms with E-state index in [1.54, 1.807) is 24.3 Å². The first-order chi connectivity index (χ1) is 34.5. The minimum absolute atomic E-state index is 0.00487. The van der Waals surface area contributed by atoms with Crippen LogP contribution in [0.3, 0.4) is 0 Å². The molecule has 4 atom stereocenters. The summed E-state index contributed by atoms with van der Waals surface area (Å²) in [5, 5.41) is 28.8. The van der Waals surface area contributed by atoms with Gasteiger partial charge in [0.1, 0.15) is 34.5 Å². The van der Waals surface area contributed by atoms with Crippen LogP contribution in [0.25, 0.3) is 0 Å². The van der Waals surface area contributed by atoms with Crippen LogP contribution in [0.5, 0.6) is 34.5 Å². The lowest BCUT2D eigenvalue weighted by molar-refractivity contribution is -0.142. The molecule has 4 aromatic heterocycles. The summed E-state index contributed by atoms with van der Waals surface area (Å²) in [6, 6.07) is 16.8. The predicted octanol–water partition coefficient (Wildman–Crippen LogP) is 9.81. The predicted molar refractivity (Wildman–Crippen MR) is 256 cm³/mol. The van der Waals surface area contributed by atoms with Crippen LogP contribution in [0.1, 0.15) is 106 Å². The Morgan fingerprint density at radius 1 is 0.658 bits per heavy atom. The third kappa shape index (κ3) is 14.4. The maximum absolute atomic E-state index is 13.3. The number of nitrogens with one attached hydrogen (secondary N) is 1. The van der Waals surface area contributed by atoms with E-state index >= 15 is 0 Å². The third-order valence-electron chi connectivity index (χ3n) is 11.9. The van der Waals surface area contributed by atoms with Crippen molar-refractivity contribution in [3.8, 4) is 34.5 Å². The number of pyridine rings is 2. The Bertz CT molecular complexity index is 2860. The van der Waals surface area contributed by atoms with Crippen molar-refractivity contribution >= 4 is 23.5 Å². The second-order valence-corrected chi connectivity index (χ2v) is 17.3. The summed E-state index contributed by atoms with van der Waals surface area (Å²) >= 11 is 0. The summed E-state index contributed by atoms with van der Waals surface area (Å²) in [5.41, 5.74) is 13.9. The molecule has 2 aromatic carbocycles. The number of ether oxygens (including phenoxy) is 4. The number of aromatic carboxylic acids is 1. The molecule has 73 heavy (non-hydrogen) atoms. The average molecular weight is 1020 g/mol. The number of carbonyl (C=O) groups excluding carboxylic acids is 1. The number of hydrogen-bond donors (Lipinski definition) is 4. The first kappa shape index (κ1) is 54.5. The second-order valence-electron chi connectivity index (χ2n) is 17.3. The lowest BCUT2D eigenvalue weighted by Gasteiger charge is -2.37. The first-order valence-electron chi connectivity index (χ1n) is 22.8. The highest BCUT2D eigenvalue weighted by Crippen LogP contribution is 2.38. The summed E-state index contributed by atoms with van der Waals surface area (Å²) in [6.45, 7) is 9.85. The van der Waals surface area contributed by atoms with Crippen molar-refractivity contribution in [2.45, 2.75) is 89.7 Å². The Balaban J connectivity index is 0.000000198. The van der Waals surface area contributed by atoms with Crippen LogP contribution in [0, 0.1) is 13.8 Å².